The van der Waals surface area contributed by atoms with Gasteiger partial charge in [-0.25, -0.2) is 0 Å². The number of nitrogens with one attached hydrogen (secondary N) is 1. The van der Waals surface area contributed by atoms with Crippen molar-refractivity contribution in [1.82, 2.24) is 5.32 Å². The minimum absolute atomic E-state index is 0.138. The van der Waals surface area contributed by atoms with E-state index in [0.717, 1.165) is 0 Å². The molecule has 1 aliphatic rings. The lowest BCUT2D eigenvalue weighted by atomic mass is 9.85. The minimum Gasteiger partial charge on any atom is -0.485 e. The Kier molecular flexibility index (Phi) is 5.09. The minimum atomic E-state index is -1.07. The summed E-state index contributed by atoms with van der Waals surface area (Å²) in [6, 6.07) is 10.5. The molecule has 0 spiro atoms. The van der Waals surface area contributed by atoms with Gasteiger partial charge >= 0.3 is 0 Å². The summed E-state index contributed by atoms with van der Waals surface area (Å²) in [5.74, 6) is -0.168. The lowest BCUT2D eigenvalue weighted by Crippen LogP contribution is -2.53. The molecule has 8 nitrogen and oxygen atoms in total. The van der Waals surface area contributed by atoms with E-state index in [4.69, 9.17) is 10.3 Å². The van der Waals surface area contributed by atoms with Gasteiger partial charge in [-0.05, 0) is 50.6 Å². The first-order valence-electron chi connectivity index (χ1n) is 8.71. The molecule has 3 rings (SSSR count). The van der Waals surface area contributed by atoms with Crippen molar-refractivity contribution in [2.45, 2.75) is 38.5 Å². The van der Waals surface area contributed by atoms with E-state index in [0.29, 0.717) is 16.9 Å². The largest absolute Gasteiger partial charge is 0.485 e. The Morgan fingerprint density at radius 3 is 2.64 bits per heavy atom. The molecule has 0 fully saturated rings. The molecule has 2 aromatic rings. The molecule has 1 heterocycles. The van der Waals surface area contributed by atoms with Crippen molar-refractivity contribution in [3.8, 4) is 5.75 Å². The molecular weight excluding hydrogens is 360 g/mol. The number of aliphatic hydroxyl groups is 1. The molecule has 1 amide bonds. The number of amides is 1. The van der Waals surface area contributed by atoms with Gasteiger partial charge in [-0.15, -0.1) is 0 Å². The number of rotatable bonds is 4. The van der Waals surface area contributed by atoms with Crippen LogP contribution in [0.5, 0.6) is 5.75 Å². The molecule has 0 aliphatic carbocycles. The second-order valence-electron chi connectivity index (χ2n) is 7.12. The van der Waals surface area contributed by atoms with Gasteiger partial charge in [-0.3, -0.25) is 9.59 Å². The number of ether oxygens (including phenoxy) is 1. The number of fused-ring (bicyclic) bond motifs is 1. The summed E-state index contributed by atoms with van der Waals surface area (Å²) in [4.78, 5) is 27.4. The van der Waals surface area contributed by atoms with Gasteiger partial charge < -0.3 is 15.2 Å². The molecule has 0 radical (unpaired) electrons. The van der Waals surface area contributed by atoms with Crippen LogP contribution in [0, 0.1) is 0 Å². The van der Waals surface area contributed by atoms with Crippen molar-refractivity contribution < 1.29 is 19.4 Å². The first-order chi connectivity index (χ1) is 13.2. The summed E-state index contributed by atoms with van der Waals surface area (Å²) in [6.45, 7) is 4.87. The number of carbonyl (C=O) groups is 2. The Balaban J connectivity index is 2.03. The van der Waals surface area contributed by atoms with Gasteiger partial charge in [-0.1, -0.05) is 23.3 Å². The van der Waals surface area contributed by atoms with E-state index in [1.165, 1.54) is 19.1 Å². The highest BCUT2D eigenvalue weighted by Crippen LogP contribution is 2.40. The molecule has 28 heavy (non-hydrogen) atoms. The molecule has 0 bridgehead atoms. The number of hydrogen-bond acceptors (Lipinski definition) is 5. The predicted octanol–water partition coefficient (Wildman–Crippen LogP) is 3.83. The van der Waals surface area contributed by atoms with Crippen LogP contribution in [0.2, 0.25) is 0 Å². The third kappa shape index (κ3) is 3.55. The summed E-state index contributed by atoms with van der Waals surface area (Å²) in [7, 11) is 0. The van der Waals surface area contributed by atoms with Crippen molar-refractivity contribution in [1.29, 1.82) is 0 Å². The number of aliphatic hydroxyl groups excluding tert-OH is 1. The van der Waals surface area contributed by atoms with Crippen molar-refractivity contribution in [3.05, 3.63) is 69.6 Å². The van der Waals surface area contributed by atoms with Crippen molar-refractivity contribution in [2.75, 3.05) is 0 Å². The zero-order chi connectivity index (χ0) is 20.5. The Morgan fingerprint density at radius 2 is 1.96 bits per heavy atom. The fourth-order valence-corrected chi connectivity index (χ4v) is 3.20. The van der Waals surface area contributed by atoms with E-state index in [-0.39, 0.29) is 17.0 Å². The Labute approximate surface area is 161 Å². The van der Waals surface area contributed by atoms with E-state index < -0.39 is 23.7 Å². The van der Waals surface area contributed by atoms with Crippen LogP contribution in [0.15, 0.2) is 47.6 Å². The smallest absolute Gasteiger partial charge is 0.252 e. The van der Waals surface area contributed by atoms with Crippen LogP contribution in [0.4, 0.5) is 5.69 Å². The topological polar surface area (TPSA) is 124 Å². The molecular formula is C20H20N4O4. The zero-order valence-corrected chi connectivity index (χ0v) is 15.7. The van der Waals surface area contributed by atoms with Gasteiger partial charge in [0.2, 0.25) is 0 Å². The lowest BCUT2D eigenvalue weighted by molar-refractivity contribution is -0.0627. The van der Waals surface area contributed by atoms with Gasteiger partial charge in [-0.2, -0.15) is 0 Å². The van der Waals surface area contributed by atoms with Crippen LogP contribution in [0.25, 0.3) is 10.4 Å². The maximum Gasteiger partial charge on any atom is 0.252 e. The Morgan fingerprint density at radius 1 is 1.25 bits per heavy atom. The summed E-state index contributed by atoms with van der Waals surface area (Å²) in [5.41, 5.74) is 9.06. The monoisotopic (exact) mass is 380 g/mol. The van der Waals surface area contributed by atoms with E-state index in [9.17, 15) is 14.7 Å². The van der Waals surface area contributed by atoms with Crippen LogP contribution in [0.1, 0.15) is 53.1 Å². The van der Waals surface area contributed by atoms with Gasteiger partial charge in [0.15, 0.2) is 5.78 Å². The highest BCUT2D eigenvalue weighted by molar-refractivity contribution is 5.99. The summed E-state index contributed by atoms with van der Waals surface area (Å²) < 4.78 is 5.87. The van der Waals surface area contributed by atoms with Crippen LogP contribution < -0.4 is 10.1 Å². The third-order valence-corrected chi connectivity index (χ3v) is 4.74. The Bertz CT molecular complexity index is 995. The molecule has 0 saturated heterocycles. The van der Waals surface area contributed by atoms with Crippen molar-refractivity contribution in [2.24, 2.45) is 5.11 Å². The fraction of sp³-hybridized carbons (Fsp3) is 0.300. The molecule has 1 aliphatic heterocycles. The highest BCUT2D eigenvalue weighted by atomic mass is 16.5. The maximum atomic E-state index is 12.9. The molecule has 2 aromatic carbocycles. The number of nitrogens with zero attached hydrogens (tertiary/aromatic N) is 3. The zero-order valence-electron chi connectivity index (χ0n) is 15.7. The van der Waals surface area contributed by atoms with Crippen LogP contribution in [-0.2, 0) is 0 Å². The fourth-order valence-electron chi connectivity index (χ4n) is 3.20. The normalized spacial score (nSPS) is 19.6. The average molecular weight is 380 g/mol. The Hall–Kier alpha value is -3.35. The van der Waals surface area contributed by atoms with E-state index in [1.54, 1.807) is 44.2 Å². The van der Waals surface area contributed by atoms with Gasteiger partial charge in [0.1, 0.15) is 17.5 Å². The second-order valence-corrected chi connectivity index (χ2v) is 7.12. The van der Waals surface area contributed by atoms with Gasteiger partial charge in [0.25, 0.3) is 5.91 Å². The first kappa shape index (κ1) is 19.4. The molecule has 8 heteroatoms. The maximum absolute atomic E-state index is 12.9. The van der Waals surface area contributed by atoms with Crippen LogP contribution in [0.3, 0.4) is 0 Å². The number of azide groups is 1. The number of Topliss-reactive ketones (excluding diaryl/α,β-unsaturated/α-hetero) is 1. The van der Waals surface area contributed by atoms with Crippen LogP contribution >= 0.6 is 0 Å². The lowest BCUT2D eigenvalue weighted by Gasteiger charge is -2.42. The van der Waals surface area contributed by atoms with E-state index in [1.807, 2.05) is 0 Å². The van der Waals surface area contributed by atoms with Crippen LogP contribution in [-0.4, -0.2) is 28.5 Å². The molecule has 2 atom stereocenters. The molecule has 0 unspecified atom stereocenters. The summed E-state index contributed by atoms with van der Waals surface area (Å²) in [5, 5.41) is 17.2. The summed E-state index contributed by atoms with van der Waals surface area (Å²) >= 11 is 0. The summed E-state index contributed by atoms with van der Waals surface area (Å²) in [6.07, 6.45) is -1.07. The average Bonchev–Trinajstić information content (AvgIpc) is 2.65. The standard InChI is InChI=1S/C20H20N4O4/c1-11(25)12-8-9-16-14(10-12)17(18(26)20(2,3)28-16)22-19(27)13-6-4-5-7-15(13)23-24-21/h4-10,17-18,26H,1-3H3,(H,22,27)/t17-,18+/m0/s1. The van der Waals surface area contributed by atoms with E-state index in [2.05, 4.69) is 15.3 Å². The molecule has 0 aromatic heterocycles. The third-order valence-electron chi connectivity index (χ3n) is 4.74. The number of hydrogen-bond donors (Lipinski definition) is 2. The molecule has 2 N–H and O–H groups in total. The van der Waals surface area contributed by atoms with Gasteiger partial charge in [0.05, 0.1) is 11.7 Å². The SMILES string of the molecule is CC(=O)c1ccc2c(c1)[C@H](NC(=O)c1ccccc1N=[N+]=[N-])[C@@H](O)C(C)(C)O2. The quantitative estimate of drug-likeness (QED) is 0.362. The molecule has 0 saturated carbocycles. The second kappa shape index (κ2) is 7.34. The number of benzene rings is 2. The van der Waals surface area contributed by atoms with Crippen molar-refractivity contribution >= 4 is 17.4 Å². The van der Waals surface area contributed by atoms with Gasteiger partial charge in [0, 0.05) is 21.6 Å². The number of carbonyl (C=O) groups excluding carboxylic acids is 2. The van der Waals surface area contributed by atoms with Crippen molar-refractivity contribution in [3.63, 3.8) is 0 Å². The first-order valence-corrected chi connectivity index (χ1v) is 8.71. The number of ketones is 1. The van der Waals surface area contributed by atoms with E-state index >= 15 is 0 Å². The highest BCUT2D eigenvalue weighted by Gasteiger charge is 2.43. The molecule has 144 valence electrons. The predicted molar refractivity (Wildman–Crippen MR) is 103 cm³/mol.